The zero-order chi connectivity index (χ0) is 14.3. The average Bonchev–Trinajstić information content (AvgIpc) is 3.06. The fourth-order valence-electron chi connectivity index (χ4n) is 1.89. The van der Waals surface area contributed by atoms with Gasteiger partial charge in [-0.15, -0.1) is 34.0 Å². The second-order valence-corrected chi connectivity index (χ2v) is 11.2. The molecule has 0 aliphatic heterocycles. The third-order valence-electron chi connectivity index (χ3n) is 2.90. The Morgan fingerprint density at radius 2 is 1.25 bits per heavy atom. The predicted octanol–water partition coefficient (Wildman–Crippen LogP) is 3.78. The van der Waals surface area contributed by atoms with Gasteiger partial charge in [0.25, 0.3) is 0 Å². The molecule has 0 atom stereocenters. The molecule has 0 saturated carbocycles. The number of aryl methyl sites for hydroxylation is 1. The van der Waals surface area contributed by atoms with Gasteiger partial charge >= 0.3 is 8.56 Å². The molecule has 0 radical (unpaired) electrons. The Balaban J connectivity index is 1.92. The molecule has 0 amide bonds. The van der Waals surface area contributed by atoms with Gasteiger partial charge in [-0.1, -0.05) is 0 Å². The Morgan fingerprint density at radius 1 is 0.750 bits per heavy atom. The normalized spacial score (nSPS) is 12.0. The van der Waals surface area contributed by atoms with Crippen LogP contribution in [0.5, 0.6) is 0 Å². The van der Waals surface area contributed by atoms with E-state index >= 15 is 0 Å². The molecule has 0 bridgehead atoms. The summed E-state index contributed by atoms with van der Waals surface area (Å²) in [5.41, 5.74) is 0. The Hall–Kier alpha value is -0.763. The molecule has 3 rings (SSSR count). The van der Waals surface area contributed by atoms with Gasteiger partial charge in [0.05, 0.1) is 0 Å². The quantitative estimate of drug-likeness (QED) is 0.714. The van der Waals surface area contributed by atoms with E-state index in [2.05, 4.69) is 31.2 Å². The first-order valence-corrected chi connectivity index (χ1v) is 11.0. The Kier molecular flexibility index (Phi) is 3.70. The van der Waals surface area contributed by atoms with Crippen LogP contribution < -0.4 is 4.50 Å². The van der Waals surface area contributed by atoms with Crippen LogP contribution in [0.2, 0.25) is 6.55 Å². The van der Waals surface area contributed by atoms with E-state index in [-0.39, 0.29) is 0 Å². The van der Waals surface area contributed by atoms with E-state index in [0.29, 0.717) is 4.50 Å². The highest BCUT2D eigenvalue weighted by Gasteiger charge is 2.27. The van der Waals surface area contributed by atoms with Crippen molar-refractivity contribution in [1.82, 2.24) is 0 Å². The Bertz CT molecular complexity index is 734. The van der Waals surface area contributed by atoms with Crippen molar-refractivity contribution in [2.45, 2.75) is 13.5 Å². The van der Waals surface area contributed by atoms with Crippen molar-refractivity contribution < 1.29 is 9.59 Å². The summed E-state index contributed by atoms with van der Waals surface area (Å²) in [5.74, 6) is 0. The first-order chi connectivity index (χ1) is 9.43. The van der Waals surface area contributed by atoms with Crippen molar-refractivity contribution in [1.29, 1.82) is 0 Å². The van der Waals surface area contributed by atoms with E-state index in [9.17, 15) is 9.59 Å². The van der Waals surface area contributed by atoms with E-state index < -0.39 is 8.56 Å². The molecule has 0 unspecified atom stereocenters. The lowest BCUT2D eigenvalue weighted by Gasteiger charge is -2.07. The molecule has 3 aromatic heterocycles. The lowest BCUT2D eigenvalue weighted by atomic mass is 10.3. The molecule has 2 N–H and O–H groups in total. The number of hydrogen-bond acceptors (Lipinski definition) is 5. The minimum absolute atomic E-state index is 0.703. The van der Waals surface area contributed by atoms with Crippen molar-refractivity contribution in [2.75, 3.05) is 0 Å². The highest BCUT2D eigenvalue weighted by Crippen LogP contribution is 2.38. The minimum atomic E-state index is -3.17. The molecule has 2 nitrogen and oxygen atoms in total. The minimum Gasteiger partial charge on any atom is -0.407 e. The highest BCUT2D eigenvalue weighted by molar-refractivity contribution is 7.30. The van der Waals surface area contributed by atoms with E-state index in [4.69, 9.17) is 0 Å². The van der Waals surface area contributed by atoms with Crippen molar-refractivity contribution in [3.05, 3.63) is 41.3 Å². The number of rotatable bonds is 3. The molecule has 0 aliphatic rings. The number of hydrogen-bond donors (Lipinski definition) is 2. The summed E-state index contributed by atoms with van der Waals surface area (Å²) in [6.45, 7) is 3.64. The lowest BCUT2D eigenvalue weighted by molar-refractivity contribution is 0.393. The Morgan fingerprint density at radius 3 is 1.75 bits per heavy atom. The molecule has 3 heterocycles. The second-order valence-electron chi connectivity index (χ2n) is 4.76. The van der Waals surface area contributed by atoms with Crippen molar-refractivity contribution in [2.24, 2.45) is 0 Å². The fourth-order valence-corrected chi connectivity index (χ4v) is 6.21. The van der Waals surface area contributed by atoms with Crippen LogP contribution in [0.3, 0.4) is 0 Å². The van der Waals surface area contributed by atoms with E-state index in [1.54, 1.807) is 22.7 Å². The van der Waals surface area contributed by atoms with Crippen LogP contribution >= 0.6 is 34.0 Å². The summed E-state index contributed by atoms with van der Waals surface area (Å²) in [6, 6.07) is 12.4. The summed E-state index contributed by atoms with van der Waals surface area (Å²) >= 11 is 5.03. The zero-order valence-electron chi connectivity index (χ0n) is 11.1. The maximum atomic E-state index is 9.75. The largest absolute Gasteiger partial charge is 0.407 e. The lowest BCUT2D eigenvalue weighted by Crippen LogP contribution is -2.43. The molecule has 0 aliphatic carbocycles. The molecular weight excluding hydrogens is 324 g/mol. The SMILES string of the molecule is Cc1ccc(-c2ccc(-c3ccc([Si](C)(O)O)s3)s2)s1. The molecular formula is C14H14O2S3Si. The van der Waals surface area contributed by atoms with Gasteiger partial charge in [0.15, 0.2) is 0 Å². The van der Waals surface area contributed by atoms with Gasteiger partial charge in [-0.05, 0) is 49.9 Å². The van der Waals surface area contributed by atoms with Gasteiger partial charge in [0.1, 0.15) is 0 Å². The molecule has 0 fully saturated rings. The summed E-state index contributed by atoms with van der Waals surface area (Å²) in [7, 11) is -3.17. The van der Waals surface area contributed by atoms with Gasteiger partial charge in [0.2, 0.25) is 0 Å². The predicted molar refractivity (Wildman–Crippen MR) is 91.4 cm³/mol. The maximum absolute atomic E-state index is 9.75. The van der Waals surface area contributed by atoms with Crippen molar-refractivity contribution in [3.8, 4) is 19.5 Å². The van der Waals surface area contributed by atoms with Gasteiger partial charge in [-0.25, -0.2) is 0 Å². The Labute approximate surface area is 130 Å². The molecule has 0 saturated heterocycles. The van der Waals surface area contributed by atoms with E-state index in [0.717, 1.165) is 4.88 Å². The van der Waals surface area contributed by atoms with Crippen LogP contribution in [-0.4, -0.2) is 18.2 Å². The maximum Gasteiger partial charge on any atom is 0.374 e. The summed E-state index contributed by atoms with van der Waals surface area (Å²) < 4.78 is 0.703. The van der Waals surface area contributed by atoms with E-state index in [1.807, 2.05) is 12.1 Å². The number of thiophene rings is 3. The van der Waals surface area contributed by atoms with E-state index in [1.165, 1.54) is 37.4 Å². The highest BCUT2D eigenvalue weighted by atomic mass is 32.1. The van der Waals surface area contributed by atoms with Gasteiger partial charge in [-0.2, -0.15) is 0 Å². The van der Waals surface area contributed by atoms with Gasteiger partial charge in [-0.3, -0.25) is 0 Å². The standard InChI is InChI=1S/C14H14O2S3Si/c1-9-3-4-10(17-9)11-5-6-12(18-11)13-7-8-14(19-13)20(2,15)16/h3-8,15-16H,1-2H3. The fraction of sp³-hybridized carbons (Fsp3) is 0.143. The van der Waals surface area contributed by atoms with Crippen LogP contribution in [0.4, 0.5) is 0 Å². The van der Waals surface area contributed by atoms with Gasteiger partial charge in [0, 0.05) is 28.9 Å². The monoisotopic (exact) mass is 338 g/mol. The summed E-state index contributed by atoms with van der Waals surface area (Å²) in [5, 5.41) is 0. The third-order valence-corrected chi connectivity index (χ3v) is 8.85. The first kappa shape index (κ1) is 14.2. The third kappa shape index (κ3) is 2.81. The van der Waals surface area contributed by atoms with Crippen LogP contribution in [0, 0.1) is 6.92 Å². The van der Waals surface area contributed by atoms with Crippen molar-refractivity contribution in [3.63, 3.8) is 0 Å². The molecule has 20 heavy (non-hydrogen) atoms. The second kappa shape index (κ2) is 5.21. The zero-order valence-corrected chi connectivity index (χ0v) is 14.5. The van der Waals surface area contributed by atoms with Crippen LogP contribution in [0.25, 0.3) is 19.5 Å². The summed E-state index contributed by atoms with van der Waals surface area (Å²) in [4.78, 5) is 25.6. The van der Waals surface area contributed by atoms with Gasteiger partial charge < -0.3 is 9.59 Å². The van der Waals surface area contributed by atoms with Crippen LogP contribution in [-0.2, 0) is 0 Å². The topological polar surface area (TPSA) is 40.5 Å². The smallest absolute Gasteiger partial charge is 0.374 e. The first-order valence-electron chi connectivity index (χ1n) is 6.15. The molecule has 3 aromatic rings. The van der Waals surface area contributed by atoms with Crippen LogP contribution in [0.15, 0.2) is 36.4 Å². The summed E-state index contributed by atoms with van der Waals surface area (Å²) in [6.07, 6.45) is 0. The molecule has 104 valence electrons. The molecule has 0 spiro atoms. The average molecular weight is 339 g/mol. The molecule has 0 aromatic carbocycles. The van der Waals surface area contributed by atoms with Crippen LogP contribution in [0.1, 0.15) is 4.88 Å². The van der Waals surface area contributed by atoms with Crippen molar-refractivity contribution >= 4 is 47.1 Å². The molecule has 6 heteroatoms.